The lowest BCUT2D eigenvalue weighted by Gasteiger charge is -2.27. The van der Waals surface area contributed by atoms with Gasteiger partial charge in [-0.3, -0.25) is 14.4 Å². The summed E-state index contributed by atoms with van der Waals surface area (Å²) < 4.78 is 7.64. The fourth-order valence-corrected chi connectivity index (χ4v) is 3.63. The molecule has 1 N–H and O–H groups in total. The Labute approximate surface area is 159 Å². The van der Waals surface area contributed by atoms with Gasteiger partial charge in [-0.25, -0.2) is 0 Å². The van der Waals surface area contributed by atoms with Gasteiger partial charge in [0.1, 0.15) is 11.3 Å². The summed E-state index contributed by atoms with van der Waals surface area (Å²) >= 11 is 0. The first-order valence-electron chi connectivity index (χ1n) is 9.68. The van der Waals surface area contributed by atoms with Crippen molar-refractivity contribution in [2.24, 2.45) is 0 Å². The molecule has 2 aromatic heterocycles. The molecular formula is C21H26N4O2. The molecule has 1 amide bonds. The van der Waals surface area contributed by atoms with E-state index in [4.69, 9.17) is 4.42 Å². The second kappa shape index (κ2) is 7.56. The Hall–Kier alpha value is -2.60. The molecule has 3 heterocycles. The number of carbonyl (C=O) groups is 1. The lowest BCUT2D eigenvalue weighted by atomic mass is 10.1. The van der Waals surface area contributed by atoms with Crippen molar-refractivity contribution in [3.05, 3.63) is 53.0 Å². The van der Waals surface area contributed by atoms with Crippen LogP contribution in [0.25, 0.3) is 11.0 Å². The Balaban J connectivity index is 1.38. The highest BCUT2D eigenvalue weighted by atomic mass is 16.3. The molecule has 0 unspecified atom stereocenters. The average molecular weight is 366 g/mol. The molecule has 142 valence electrons. The van der Waals surface area contributed by atoms with E-state index in [0.29, 0.717) is 12.1 Å². The van der Waals surface area contributed by atoms with Crippen molar-refractivity contribution in [3.63, 3.8) is 0 Å². The summed E-state index contributed by atoms with van der Waals surface area (Å²) in [4.78, 5) is 15.0. The van der Waals surface area contributed by atoms with E-state index in [9.17, 15) is 4.79 Å². The minimum atomic E-state index is -0.0914. The highest BCUT2D eigenvalue weighted by molar-refractivity contribution is 5.97. The van der Waals surface area contributed by atoms with Gasteiger partial charge in [-0.05, 0) is 50.2 Å². The topological polar surface area (TPSA) is 63.3 Å². The summed E-state index contributed by atoms with van der Waals surface area (Å²) in [6.45, 7) is 8.62. The fraction of sp³-hybridized carbons (Fsp3) is 0.429. The van der Waals surface area contributed by atoms with Gasteiger partial charge in [0.15, 0.2) is 0 Å². The molecule has 1 aromatic carbocycles. The maximum Gasteiger partial charge on any atom is 0.251 e. The number of furan rings is 1. The number of nitrogens with zero attached hydrogens (tertiary/aromatic N) is 3. The third-order valence-corrected chi connectivity index (χ3v) is 5.09. The maximum atomic E-state index is 12.5. The second-order valence-corrected chi connectivity index (χ2v) is 7.27. The molecule has 3 aromatic rings. The molecule has 0 saturated heterocycles. The van der Waals surface area contributed by atoms with Crippen LogP contribution in [0.2, 0.25) is 0 Å². The number of hydrogen-bond donors (Lipinski definition) is 1. The number of nitrogens with one attached hydrogen (secondary N) is 1. The van der Waals surface area contributed by atoms with Crippen molar-refractivity contribution < 1.29 is 9.21 Å². The van der Waals surface area contributed by atoms with Gasteiger partial charge in [0.2, 0.25) is 0 Å². The number of unbranched alkanes of at least 4 members (excludes halogenated alkanes) is 1. The number of amides is 1. The predicted molar refractivity (Wildman–Crippen MR) is 105 cm³/mol. The number of rotatable bonds is 6. The molecule has 4 rings (SSSR count). The molecule has 0 fully saturated rings. The van der Waals surface area contributed by atoms with Gasteiger partial charge >= 0.3 is 0 Å². The molecule has 0 aliphatic carbocycles. The van der Waals surface area contributed by atoms with Gasteiger partial charge in [0, 0.05) is 24.0 Å². The molecule has 1 aliphatic rings. The van der Waals surface area contributed by atoms with Crippen molar-refractivity contribution in [2.45, 2.75) is 46.3 Å². The molecule has 0 saturated carbocycles. The Morgan fingerprint density at radius 1 is 1.26 bits per heavy atom. The molecule has 1 aliphatic heterocycles. The lowest BCUT2D eigenvalue weighted by Crippen LogP contribution is -2.34. The zero-order valence-electron chi connectivity index (χ0n) is 16.0. The number of aryl methyl sites for hydroxylation is 1. The molecule has 0 radical (unpaired) electrons. The molecule has 27 heavy (non-hydrogen) atoms. The predicted octanol–water partition coefficient (Wildman–Crippen LogP) is 3.48. The number of fused-ring (bicyclic) bond motifs is 2. The largest absolute Gasteiger partial charge is 0.461 e. The van der Waals surface area contributed by atoms with Gasteiger partial charge in [-0.15, -0.1) is 0 Å². The summed E-state index contributed by atoms with van der Waals surface area (Å²) in [5.41, 5.74) is 3.59. The van der Waals surface area contributed by atoms with E-state index in [2.05, 4.69) is 33.0 Å². The smallest absolute Gasteiger partial charge is 0.251 e. The quantitative estimate of drug-likeness (QED) is 0.725. The summed E-state index contributed by atoms with van der Waals surface area (Å²) in [5.74, 6) is 0.755. The van der Waals surface area contributed by atoms with Gasteiger partial charge in [0.05, 0.1) is 24.5 Å². The van der Waals surface area contributed by atoms with Crippen LogP contribution in [-0.4, -0.2) is 33.7 Å². The Morgan fingerprint density at radius 3 is 3.00 bits per heavy atom. The van der Waals surface area contributed by atoms with E-state index in [1.54, 1.807) is 6.07 Å². The Kier molecular flexibility index (Phi) is 4.99. The molecule has 6 nitrogen and oxygen atoms in total. The first-order valence-corrected chi connectivity index (χ1v) is 9.68. The van der Waals surface area contributed by atoms with Crippen LogP contribution in [0.1, 0.15) is 47.3 Å². The molecule has 0 bridgehead atoms. The molecule has 0 atom stereocenters. The van der Waals surface area contributed by atoms with Gasteiger partial charge < -0.3 is 9.73 Å². The summed E-state index contributed by atoms with van der Waals surface area (Å²) in [5, 5.41) is 8.58. The standard InChI is InChI=1S/C21H26N4O2/c1-3-4-7-24-8-9-25-19(14-24)12-18(23-25)13-22-21(26)16-5-6-20-17(11-16)10-15(2)27-20/h5-6,10-12H,3-4,7-9,13-14H2,1-2H3,(H,22,26). The summed E-state index contributed by atoms with van der Waals surface area (Å²) in [6.07, 6.45) is 2.45. The first kappa shape index (κ1) is 17.8. The van der Waals surface area contributed by atoms with Crippen molar-refractivity contribution in [1.29, 1.82) is 0 Å². The first-order chi connectivity index (χ1) is 13.1. The summed E-state index contributed by atoms with van der Waals surface area (Å²) in [6, 6.07) is 9.56. The number of aromatic nitrogens is 2. The van der Waals surface area contributed by atoms with Crippen LogP contribution in [-0.2, 0) is 19.6 Å². The van der Waals surface area contributed by atoms with Gasteiger partial charge in [-0.2, -0.15) is 5.10 Å². The van der Waals surface area contributed by atoms with E-state index in [1.165, 1.54) is 18.5 Å². The van der Waals surface area contributed by atoms with Crippen molar-refractivity contribution in [3.8, 4) is 0 Å². The monoisotopic (exact) mass is 366 g/mol. The van der Waals surface area contributed by atoms with E-state index in [0.717, 1.165) is 48.6 Å². The van der Waals surface area contributed by atoms with Crippen LogP contribution in [0.15, 0.2) is 34.7 Å². The number of carbonyl (C=O) groups excluding carboxylic acids is 1. The third kappa shape index (κ3) is 3.90. The average Bonchev–Trinajstić information content (AvgIpc) is 3.24. The van der Waals surface area contributed by atoms with Gasteiger partial charge in [0.25, 0.3) is 5.91 Å². The zero-order valence-corrected chi connectivity index (χ0v) is 16.0. The normalized spacial score (nSPS) is 14.4. The molecule has 0 spiro atoms. The highest BCUT2D eigenvalue weighted by Crippen LogP contribution is 2.20. The van der Waals surface area contributed by atoms with Crippen LogP contribution in [0.4, 0.5) is 0 Å². The zero-order chi connectivity index (χ0) is 18.8. The number of hydrogen-bond acceptors (Lipinski definition) is 4. The van der Waals surface area contributed by atoms with Gasteiger partial charge in [-0.1, -0.05) is 13.3 Å². The second-order valence-electron chi connectivity index (χ2n) is 7.27. The van der Waals surface area contributed by atoms with E-state index in [-0.39, 0.29) is 5.91 Å². The molecule has 6 heteroatoms. The van der Waals surface area contributed by atoms with Crippen LogP contribution in [0.5, 0.6) is 0 Å². The van der Waals surface area contributed by atoms with Crippen LogP contribution in [0.3, 0.4) is 0 Å². The van der Waals surface area contributed by atoms with Crippen LogP contribution in [0, 0.1) is 6.92 Å². The summed E-state index contributed by atoms with van der Waals surface area (Å²) in [7, 11) is 0. The van der Waals surface area contributed by atoms with Crippen molar-refractivity contribution >= 4 is 16.9 Å². The Bertz CT molecular complexity index is 956. The lowest BCUT2D eigenvalue weighted by molar-refractivity contribution is 0.0950. The highest BCUT2D eigenvalue weighted by Gasteiger charge is 2.18. The molecular weight excluding hydrogens is 340 g/mol. The van der Waals surface area contributed by atoms with Crippen molar-refractivity contribution in [1.82, 2.24) is 20.0 Å². The van der Waals surface area contributed by atoms with Crippen molar-refractivity contribution in [2.75, 3.05) is 13.1 Å². The van der Waals surface area contributed by atoms with E-state index < -0.39 is 0 Å². The maximum absolute atomic E-state index is 12.5. The number of benzene rings is 1. The fourth-order valence-electron chi connectivity index (χ4n) is 3.63. The van der Waals surface area contributed by atoms with Crippen LogP contribution >= 0.6 is 0 Å². The van der Waals surface area contributed by atoms with E-state index >= 15 is 0 Å². The van der Waals surface area contributed by atoms with Crippen LogP contribution < -0.4 is 5.32 Å². The van der Waals surface area contributed by atoms with E-state index in [1.807, 2.05) is 25.1 Å². The Morgan fingerprint density at radius 2 is 2.15 bits per heavy atom. The third-order valence-electron chi connectivity index (χ3n) is 5.09. The minimum absolute atomic E-state index is 0.0914. The minimum Gasteiger partial charge on any atom is -0.461 e. The SMILES string of the molecule is CCCCN1CCn2nc(CNC(=O)c3ccc4oc(C)cc4c3)cc2C1.